The normalized spacial score (nSPS) is 12.7. The Morgan fingerprint density at radius 3 is 2.71 bits per heavy atom. The summed E-state index contributed by atoms with van der Waals surface area (Å²) in [5.41, 5.74) is 8.39. The molecule has 1 atom stereocenters. The maximum absolute atomic E-state index is 14.1. The number of aromatic nitrogens is 1. The van der Waals surface area contributed by atoms with Gasteiger partial charge in [0.25, 0.3) is 0 Å². The minimum Gasteiger partial charge on any atom is -0.329 e. The highest BCUT2D eigenvalue weighted by atomic mass is 79.9. The Bertz CT molecular complexity index is 618. The molecule has 5 heteroatoms. The maximum Gasteiger partial charge on any atom is 0.129 e. The van der Waals surface area contributed by atoms with E-state index < -0.39 is 0 Å². The van der Waals surface area contributed by atoms with Gasteiger partial charge in [0.2, 0.25) is 0 Å². The average Bonchev–Trinajstić information content (AvgIpc) is 2.42. The summed E-state index contributed by atoms with van der Waals surface area (Å²) in [5.74, 6) is -0.246. The number of aryl methyl sites for hydroxylation is 1. The van der Waals surface area contributed by atoms with Gasteiger partial charge in [-0.2, -0.15) is 0 Å². The van der Waals surface area contributed by atoms with Crippen molar-refractivity contribution in [3.63, 3.8) is 0 Å². The predicted molar refractivity (Wildman–Crippen MR) is 86.3 cm³/mol. The molecule has 0 saturated carbocycles. The quantitative estimate of drug-likeness (QED) is 0.897. The van der Waals surface area contributed by atoms with Crippen LogP contribution in [0, 0.1) is 12.7 Å². The Hall–Kier alpha value is -1.30. The molecule has 0 saturated heterocycles. The second-order valence-corrected chi connectivity index (χ2v) is 6.02. The van der Waals surface area contributed by atoms with E-state index in [2.05, 4.69) is 20.9 Å². The first-order chi connectivity index (χ1) is 10.0. The van der Waals surface area contributed by atoms with Gasteiger partial charge in [0.05, 0.1) is 11.7 Å². The zero-order chi connectivity index (χ0) is 15.4. The van der Waals surface area contributed by atoms with E-state index in [-0.39, 0.29) is 11.9 Å². The molecule has 1 unspecified atom stereocenters. The molecule has 2 N–H and O–H groups in total. The average molecular weight is 352 g/mol. The summed E-state index contributed by atoms with van der Waals surface area (Å²) in [7, 11) is 1.93. The number of nitrogens with zero attached hydrogens (tertiary/aromatic N) is 2. The summed E-state index contributed by atoms with van der Waals surface area (Å²) in [6.45, 7) is 2.93. The molecule has 112 valence electrons. The van der Waals surface area contributed by atoms with Crippen molar-refractivity contribution >= 4 is 15.9 Å². The van der Waals surface area contributed by atoms with Gasteiger partial charge in [-0.3, -0.25) is 9.88 Å². The molecule has 21 heavy (non-hydrogen) atoms. The largest absolute Gasteiger partial charge is 0.329 e. The number of nitrogens with two attached hydrogens (primary N) is 1. The standard InChI is InChI=1S/C16H19BrFN3/c1-11-4-3-5-13(20-11)10-21(2)16(9-19)14-7-6-12(17)8-15(14)18/h3-8,16H,9-10,19H2,1-2H3. The summed E-state index contributed by atoms with van der Waals surface area (Å²) in [6, 6.07) is 10.8. The summed E-state index contributed by atoms with van der Waals surface area (Å²) >= 11 is 3.27. The van der Waals surface area contributed by atoms with Gasteiger partial charge in [0.1, 0.15) is 5.82 Å². The highest BCUT2D eigenvalue weighted by molar-refractivity contribution is 9.10. The molecular formula is C16H19BrFN3. The molecule has 2 rings (SSSR count). The van der Waals surface area contributed by atoms with Crippen LogP contribution >= 0.6 is 15.9 Å². The lowest BCUT2D eigenvalue weighted by molar-refractivity contribution is 0.234. The van der Waals surface area contributed by atoms with Crippen molar-refractivity contribution in [3.8, 4) is 0 Å². The third-order valence-electron chi connectivity index (χ3n) is 3.43. The van der Waals surface area contributed by atoms with Crippen molar-refractivity contribution in [2.75, 3.05) is 13.6 Å². The van der Waals surface area contributed by atoms with E-state index in [0.29, 0.717) is 18.7 Å². The first kappa shape index (κ1) is 16.1. The molecule has 0 amide bonds. The van der Waals surface area contributed by atoms with Crippen LogP contribution in [-0.4, -0.2) is 23.5 Å². The Morgan fingerprint density at radius 1 is 1.33 bits per heavy atom. The van der Waals surface area contributed by atoms with Crippen molar-refractivity contribution < 1.29 is 4.39 Å². The summed E-state index contributed by atoms with van der Waals surface area (Å²) in [6.07, 6.45) is 0. The molecule has 0 aliphatic rings. The van der Waals surface area contributed by atoms with Crippen molar-refractivity contribution in [2.24, 2.45) is 5.73 Å². The van der Waals surface area contributed by atoms with Crippen LogP contribution in [0.1, 0.15) is 23.0 Å². The number of rotatable bonds is 5. The molecule has 1 aromatic carbocycles. The lowest BCUT2D eigenvalue weighted by Gasteiger charge is -2.27. The Kier molecular flexibility index (Phi) is 5.45. The van der Waals surface area contributed by atoms with E-state index >= 15 is 0 Å². The zero-order valence-electron chi connectivity index (χ0n) is 12.2. The predicted octanol–water partition coefficient (Wildman–Crippen LogP) is 3.42. The zero-order valence-corrected chi connectivity index (χ0v) is 13.8. The molecule has 0 aliphatic heterocycles. The number of pyridine rings is 1. The van der Waals surface area contributed by atoms with E-state index in [9.17, 15) is 4.39 Å². The van der Waals surface area contributed by atoms with E-state index in [1.165, 1.54) is 6.07 Å². The van der Waals surface area contributed by atoms with Gasteiger partial charge in [-0.1, -0.05) is 28.1 Å². The van der Waals surface area contributed by atoms with Crippen molar-refractivity contribution in [2.45, 2.75) is 19.5 Å². The smallest absolute Gasteiger partial charge is 0.129 e. The Balaban J connectivity index is 2.20. The van der Waals surface area contributed by atoms with Gasteiger partial charge in [-0.25, -0.2) is 4.39 Å². The van der Waals surface area contributed by atoms with E-state index in [1.54, 1.807) is 6.07 Å². The van der Waals surface area contributed by atoms with Gasteiger partial charge in [-0.05, 0) is 38.2 Å². The first-order valence-corrected chi connectivity index (χ1v) is 7.58. The number of hydrogen-bond acceptors (Lipinski definition) is 3. The molecule has 0 radical (unpaired) electrons. The molecule has 0 bridgehead atoms. The molecule has 2 aromatic rings. The fraction of sp³-hybridized carbons (Fsp3) is 0.312. The topological polar surface area (TPSA) is 42.1 Å². The van der Waals surface area contributed by atoms with Crippen LogP contribution in [0.4, 0.5) is 4.39 Å². The Morgan fingerprint density at radius 2 is 2.10 bits per heavy atom. The van der Waals surface area contributed by atoms with E-state index in [4.69, 9.17) is 5.73 Å². The van der Waals surface area contributed by atoms with E-state index in [1.807, 2.05) is 43.1 Å². The van der Waals surface area contributed by atoms with Gasteiger partial charge in [-0.15, -0.1) is 0 Å². The van der Waals surface area contributed by atoms with Crippen LogP contribution < -0.4 is 5.73 Å². The second kappa shape index (κ2) is 7.11. The van der Waals surface area contributed by atoms with Gasteiger partial charge in [0.15, 0.2) is 0 Å². The molecule has 1 heterocycles. The van der Waals surface area contributed by atoms with Crippen LogP contribution in [-0.2, 0) is 6.54 Å². The third kappa shape index (κ3) is 4.09. The molecule has 0 spiro atoms. The summed E-state index contributed by atoms with van der Waals surface area (Å²) in [4.78, 5) is 6.50. The van der Waals surface area contributed by atoms with Crippen molar-refractivity contribution in [1.82, 2.24) is 9.88 Å². The first-order valence-electron chi connectivity index (χ1n) is 6.79. The molecule has 0 aliphatic carbocycles. The fourth-order valence-electron chi connectivity index (χ4n) is 2.37. The fourth-order valence-corrected chi connectivity index (χ4v) is 2.70. The second-order valence-electron chi connectivity index (χ2n) is 5.10. The van der Waals surface area contributed by atoms with Crippen molar-refractivity contribution in [1.29, 1.82) is 0 Å². The minimum absolute atomic E-state index is 0.180. The van der Waals surface area contributed by atoms with Gasteiger partial charge in [0, 0.05) is 28.8 Å². The van der Waals surface area contributed by atoms with Crippen molar-refractivity contribution in [3.05, 3.63) is 63.6 Å². The number of likely N-dealkylation sites (N-methyl/N-ethyl adjacent to an activating group) is 1. The molecule has 0 fully saturated rings. The van der Waals surface area contributed by atoms with Crippen LogP contribution in [0.2, 0.25) is 0 Å². The lowest BCUT2D eigenvalue weighted by atomic mass is 10.0. The summed E-state index contributed by atoms with van der Waals surface area (Å²) in [5, 5.41) is 0. The monoisotopic (exact) mass is 351 g/mol. The molecule has 3 nitrogen and oxygen atoms in total. The van der Waals surface area contributed by atoms with E-state index in [0.717, 1.165) is 15.9 Å². The molecule has 1 aromatic heterocycles. The number of hydrogen-bond donors (Lipinski definition) is 1. The van der Waals surface area contributed by atoms with Crippen LogP contribution in [0.5, 0.6) is 0 Å². The van der Waals surface area contributed by atoms with Gasteiger partial charge < -0.3 is 5.73 Å². The lowest BCUT2D eigenvalue weighted by Crippen LogP contribution is -2.31. The minimum atomic E-state index is -0.246. The SMILES string of the molecule is Cc1cccc(CN(C)C(CN)c2ccc(Br)cc2F)n1. The highest BCUT2D eigenvalue weighted by Gasteiger charge is 2.19. The third-order valence-corrected chi connectivity index (χ3v) is 3.93. The number of halogens is 2. The Labute approximate surface area is 133 Å². The van der Waals surface area contributed by atoms with Crippen LogP contribution in [0.3, 0.4) is 0 Å². The molecular weight excluding hydrogens is 333 g/mol. The van der Waals surface area contributed by atoms with Crippen LogP contribution in [0.15, 0.2) is 40.9 Å². The number of benzene rings is 1. The van der Waals surface area contributed by atoms with Crippen LogP contribution in [0.25, 0.3) is 0 Å². The van der Waals surface area contributed by atoms with Gasteiger partial charge >= 0.3 is 0 Å². The maximum atomic E-state index is 14.1. The summed E-state index contributed by atoms with van der Waals surface area (Å²) < 4.78 is 14.8. The highest BCUT2D eigenvalue weighted by Crippen LogP contribution is 2.25.